The first-order chi connectivity index (χ1) is 9.14. The molecule has 2 aliphatic heterocycles. The fourth-order valence-corrected chi connectivity index (χ4v) is 4.36. The summed E-state index contributed by atoms with van der Waals surface area (Å²) in [7, 11) is 0. The quantitative estimate of drug-likeness (QED) is 0.774. The predicted octanol–water partition coefficient (Wildman–Crippen LogP) is 3.28. The smallest absolute Gasteiger partial charge is 0.0223 e. The third kappa shape index (κ3) is 3.48. The first-order valence-corrected chi connectivity index (χ1v) is 8.86. The molecular formula is C16H32N2S. The molecule has 0 aliphatic carbocycles. The normalized spacial score (nSPS) is 30.3. The van der Waals surface area contributed by atoms with Gasteiger partial charge in [0.05, 0.1) is 0 Å². The topological polar surface area (TPSA) is 6.48 Å². The number of piperazine rings is 1. The molecule has 112 valence electrons. The van der Waals surface area contributed by atoms with Crippen molar-refractivity contribution in [1.82, 2.24) is 9.80 Å². The van der Waals surface area contributed by atoms with Gasteiger partial charge in [-0.3, -0.25) is 9.80 Å². The van der Waals surface area contributed by atoms with Gasteiger partial charge in [-0.15, -0.1) is 0 Å². The van der Waals surface area contributed by atoms with E-state index in [2.05, 4.69) is 43.2 Å². The molecular weight excluding hydrogens is 252 g/mol. The van der Waals surface area contributed by atoms with E-state index in [1.165, 1.54) is 58.3 Å². The van der Waals surface area contributed by atoms with E-state index in [-0.39, 0.29) is 0 Å². The molecule has 2 heterocycles. The van der Waals surface area contributed by atoms with Gasteiger partial charge in [-0.2, -0.15) is 12.6 Å². The highest BCUT2D eigenvalue weighted by Gasteiger charge is 2.36. The highest BCUT2D eigenvalue weighted by molar-refractivity contribution is 7.80. The minimum absolute atomic E-state index is 0.425. The summed E-state index contributed by atoms with van der Waals surface area (Å²) >= 11 is 4.65. The van der Waals surface area contributed by atoms with E-state index in [0.29, 0.717) is 11.5 Å². The largest absolute Gasteiger partial charge is 0.298 e. The lowest BCUT2D eigenvalue weighted by molar-refractivity contribution is -0.00499. The van der Waals surface area contributed by atoms with Crippen LogP contribution in [-0.2, 0) is 0 Å². The van der Waals surface area contributed by atoms with Crippen molar-refractivity contribution in [1.29, 1.82) is 0 Å². The molecule has 0 aromatic carbocycles. The van der Waals surface area contributed by atoms with Crippen molar-refractivity contribution in [3.63, 3.8) is 0 Å². The van der Waals surface area contributed by atoms with Crippen LogP contribution in [0.2, 0.25) is 0 Å². The maximum Gasteiger partial charge on any atom is 0.0223 e. The zero-order chi connectivity index (χ0) is 13.9. The second-order valence-corrected chi connectivity index (χ2v) is 7.10. The van der Waals surface area contributed by atoms with Crippen molar-refractivity contribution in [3.8, 4) is 0 Å². The van der Waals surface area contributed by atoms with E-state index in [9.17, 15) is 0 Å². The molecule has 19 heavy (non-hydrogen) atoms. The van der Waals surface area contributed by atoms with Gasteiger partial charge in [0.15, 0.2) is 0 Å². The van der Waals surface area contributed by atoms with Crippen molar-refractivity contribution in [2.24, 2.45) is 5.41 Å². The van der Waals surface area contributed by atoms with Gasteiger partial charge in [-0.05, 0) is 50.3 Å². The number of piperidine rings is 1. The van der Waals surface area contributed by atoms with Crippen molar-refractivity contribution in [3.05, 3.63) is 0 Å². The summed E-state index contributed by atoms with van der Waals surface area (Å²) in [5.74, 6) is 1.03. The standard InChI is InChI=1S/C16H32N2S/c1-4-16(5-2,13-19)12-18-11-15-8-6-7-9-17(15)10-14(18)3/h14-15,19H,4-13H2,1-3H3. The molecule has 0 aromatic heterocycles. The van der Waals surface area contributed by atoms with Crippen molar-refractivity contribution < 1.29 is 0 Å². The molecule has 0 saturated carbocycles. The van der Waals surface area contributed by atoms with Gasteiger partial charge < -0.3 is 0 Å². The van der Waals surface area contributed by atoms with E-state index in [1.807, 2.05) is 0 Å². The fourth-order valence-electron chi connectivity index (χ4n) is 3.81. The van der Waals surface area contributed by atoms with Crippen LogP contribution in [0, 0.1) is 5.41 Å². The first kappa shape index (κ1) is 15.7. The molecule has 2 atom stereocenters. The van der Waals surface area contributed by atoms with Gasteiger partial charge in [-0.1, -0.05) is 20.3 Å². The molecule has 0 spiro atoms. The van der Waals surface area contributed by atoms with Crippen LogP contribution in [0.15, 0.2) is 0 Å². The maximum absolute atomic E-state index is 4.65. The van der Waals surface area contributed by atoms with Gasteiger partial charge in [0.1, 0.15) is 0 Å². The molecule has 2 rings (SSSR count). The van der Waals surface area contributed by atoms with Crippen LogP contribution in [0.1, 0.15) is 52.9 Å². The van der Waals surface area contributed by atoms with E-state index in [0.717, 1.165) is 11.8 Å². The van der Waals surface area contributed by atoms with Crippen molar-refractivity contribution >= 4 is 12.6 Å². The third-order valence-electron chi connectivity index (χ3n) is 5.69. The van der Waals surface area contributed by atoms with Crippen LogP contribution < -0.4 is 0 Å². The Morgan fingerprint density at radius 3 is 2.53 bits per heavy atom. The van der Waals surface area contributed by atoms with Gasteiger partial charge in [0, 0.05) is 31.7 Å². The minimum atomic E-state index is 0.425. The molecule has 0 N–H and O–H groups in total. The molecule has 0 bridgehead atoms. The van der Waals surface area contributed by atoms with Crippen LogP contribution in [0.25, 0.3) is 0 Å². The molecule has 2 unspecified atom stereocenters. The first-order valence-electron chi connectivity index (χ1n) is 8.23. The van der Waals surface area contributed by atoms with Crippen molar-refractivity contribution in [2.45, 2.75) is 65.0 Å². The summed E-state index contributed by atoms with van der Waals surface area (Å²) in [6, 6.07) is 1.54. The lowest BCUT2D eigenvalue weighted by Gasteiger charge is -2.50. The molecule has 0 radical (unpaired) electrons. The zero-order valence-corrected chi connectivity index (χ0v) is 14.0. The molecule has 0 aromatic rings. The maximum atomic E-state index is 4.65. The number of hydrogen-bond acceptors (Lipinski definition) is 3. The molecule has 2 fully saturated rings. The second-order valence-electron chi connectivity index (χ2n) is 6.79. The molecule has 2 aliphatic rings. The van der Waals surface area contributed by atoms with Gasteiger partial charge in [-0.25, -0.2) is 0 Å². The van der Waals surface area contributed by atoms with Crippen LogP contribution >= 0.6 is 12.6 Å². The fraction of sp³-hybridized carbons (Fsp3) is 1.00. The monoisotopic (exact) mass is 284 g/mol. The lowest BCUT2D eigenvalue weighted by atomic mass is 9.82. The predicted molar refractivity (Wildman–Crippen MR) is 87.1 cm³/mol. The van der Waals surface area contributed by atoms with E-state index in [4.69, 9.17) is 0 Å². The summed E-state index contributed by atoms with van der Waals surface area (Å²) in [5, 5.41) is 0. The van der Waals surface area contributed by atoms with Gasteiger partial charge >= 0.3 is 0 Å². The molecule has 2 nitrogen and oxygen atoms in total. The summed E-state index contributed by atoms with van der Waals surface area (Å²) in [6.07, 6.45) is 6.76. The number of fused-ring (bicyclic) bond motifs is 1. The van der Waals surface area contributed by atoms with Crippen LogP contribution in [0.5, 0.6) is 0 Å². The Kier molecular flexibility index (Phi) is 5.62. The summed E-state index contributed by atoms with van der Waals surface area (Å²) in [4.78, 5) is 5.50. The second kappa shape index (κ2) is 6.82. The third-order valence-corrected chi connectivity index (χ3v) is 6.36. The summed E-state index contributed by atoms with van der Waals surface area (Å²) in [5.41, 5.74) is 0.425. The average molecular weight is 285 g/mol. The highest BCUT2D eigenvalue weighted by atomic mass is 32.1. The SMILES string of the molecule is CCC(CC)(CS)CN1CC2CCCCN2CC1C. The van der Waals surface area contributed by atoms with Crippen LogP contribution in [-0.4, -0.2) is 53.8 Å². The summed E-state index contributed by atoms with van der Waals surface area (Å²) in [6.45, 7) is 12.2. The Labute approximate surface area is 125 Å². The van der Waals surface area contributed by atoms with Gasteiger partial charge in [0.25, 0.3) is 0 Å². The number of hydrogen-bond donors (Lipinski definition) is 1. The Balaban J connectivity index is 1.99. The Morgan fingerprint density at radius 2 is 1.89 bits per heavy atom. The van der Waals surface area contributed by atoms with E-state index in [1.54, 1.807) is 0 Å². The van der Waals surface area contributed by atoms with Crippen molar-refractivity contribution in [2.75, 3.05) is 31.9 Å². The average Bonchev–Trinajstić information content (AvgIpc) is 2.45. The number of thiol groups is 1. The van der Waals surface area contributed by atoms with Gasteiger partial charge in [0.2, 0.25) is 0 Å². The molecule has 3 heteroatoms. The number of nitrogens with zero attached hydrogens (tertiary/aromatic N) is 2. The lowest BCUT2D eigenvalue weighted by Crippen LogP contribution is -2.60. The summed E-state index contributed by atoms with van der Waals surface area (Å²) < 4.78 is 0. The molecule has 0 amide bonds. The zero-order valence-electron chi connectivity index (χ0n) is 13.1. The Hall–Kier alpha value is 0.270. The minimum Gasteiger partial charge on any atom is -0.298 e. The Morgan fingerprint density at radius 1 is 1.16 bits per heavy atom. The van der Waals surface area contributed by atoms with E-state index < -0.39 is 0 Å². The van der Waals surface area contributed by atoms with Crippen LogP contribution in [0.4, 0.5) is 0 Å². The van der Waals surface area contributed by atoms with E-state index >= 15 is 0 Å². The number of rotatable bonds is 5. The Bertz CT molecular complexity index is 270. The highest BCUT2D eigenvalue weighted by Crippen LogP contribution is 2.32. The molecule has 2 saturated heterocycles. The van der Waals surface area contributed by atoms with Crippen LogP contribution in [0.3, 0.4) is 0 Å².